The minimum absolute atomic E-state index is 0.217. The minimum atomic E-state index is -0.217. The smallest absolute Gasteiger partial charge is 0.302 e. The lowest BCUT2D eigenvalue weighted by Gasteiger charge is -2.15. The van der Waals surface area contributed by atoms with Crippen LogP contribution >= 0.6 is 0 Å². The van der Waals surface area contributed by atoms with Crippen molar-refractivity contribution >= 4 is 5.97 Å². The van der Waals surface area contributed by atoms with Gasteiger partial charge in [-0.2, -0.15) is 0 Å². The molecule has 0 spiro atoms. The van der Waals surface area contributed by atoms with Crippen LogP contribution in [0.2, 0.25) is 0 Å². The molecule has 0 aromatic heterocycles. The third-order valence-electron chi connectivity index (χ3n) is 2.49. The van der Waals surface area contributed by atoms with Crippen LogP contribution < -0.4 is 0 Å². The van der Waals surface area contributed by atoms with Gasteiger partial charge in [0.2, 0.25) is 0 Å². The molecule has 0 radical (unpaired) electrons. The average Bonchev–Trinajstić information content (AvgIpc) is 2.29. The van der Waals surface area contributed by atoms with E-state index in [4.69, 9.17) is 4.74 Å². The molecule has 0 bridgehead atoms. The van der Waals surface area contributed by atoms with Gasteiger partial charge < -0.3 is 4.74 Å². The summed E-state index contributed by atoms with van der Waals surface area (Å²) < 4.78 is 4.97. The summed E-state index contributed by atoms with van der Waals surface area (Å²) in [5, 5.41) is 0. The largest absolute Gasteiger partial charge is 0.466 e. The third-order valence-corrected chi connectivity index (χ3v) is 2.49. The minimum Gasteiger partial charge on any atom is -0.466 e. The summed E-state index contributed by atoms with van der Waals surface area (Å²) in [7, 11) is 0. The van der Waals surface area contributed by atoms with Gasteiger partial charge in [0.1, 0.15) is 0 Å². The van der Waals surface area contributed by atoms with Crippen molar-refractivity contribution in [2.45, 2.75) is 25.7 Å². The summed E-state index contributed by atoms with van der Waals surface area (Å²) in [6.45, 7) is 5.67. The van der Waals surface area contributed by atoms with Crippen LogP contribution in [0.1, 0.15) is 31.2 Å². The Balaban J connectivity index is 2.54. The van der Waals surface area contributed by atoms with Crippen LogP contribution in [0.3, 0.4) is 0 Å². The first kappa shape index (κ1) is 12.5. The number of benzene rings is 1. The lowest BCUT2D eigenvalue weighted by Crippen LogP contribution is -2.06. The lowest BCUT2D eigenvalue weighted by molar-refractivity contribution is -0.141. The zero-order valence-electron chi connectivity index (χ0n) is 9.69. The van der Waals surface area contributed by atoms with E-state index in [9.17, 15) is 4.79 Å². The predicted octanol–water partition coefficient (Wildman–Crippen LogP) is 3.30. The van der Waals surface area contributed by atoms with Gasteiger partial charge >= 0.3 is 5.97 Å². The second kappa shape index (κ2) is 6.83. The van der Waals surface area contributed by atoms with Crippen LogP contribution in [0.15, 0.2) is 43.0 Å². The third kappa shape index (κ3) is 4.30. The van der Waals surface area contributed by atoms with Crippen LogP contribution in [-0.4, -0.2) is 12.6 Å². The zero-order valence-corrected chi connectivity index (χ0v) is 9.69. The molecule has 0 unspecified atom stereocenters. The Kier molecular flexibility index (Phi) is 5.34. The number of hydrogen-bond acceptors (Lipinski definition) is 2. The van der Waals surface area contributed by atoms with E-state index in [1.165, 1.54) is 12.5 Å². The molecule has 1 rings (SSSR count). The molecule has 0 saturated carbocycles. The molecule has 0 fully saturated rings. The van der Waals surface area contributed by atoms with E-state index < -0.39 is 0 Å². The highest BCUT2D eigenvalue weighted by Crippen LogP contribution is 2.23. The van der Waals surface area contributed by atoms with Crippen molar-refractivity contribution in [2.75, 3.05) is 6.61 Å². The SMILES string of the molecule is C=CC[C@@H](CCOC(C)=O)c1ccccc1. The zero-order chi connectivity index (χ0) is 11.8. The van der Waals surface area contributed by atoms with Gasteiger partial charge in [0.05, 0.1) is 6.61 Å². The van der Waals surface area contributed by atoms with Gasteiger partial charge in [-0.05, 0) is 24.3 Å². The average molecular weight is 218 g/mol. The van der Waals surface area contributed by atoms with Crippen molar-refractivity contribution in [3.8, 4) is 0 Å². The van der Waals surface area contributed by atoms with Crippen LogP contribution in [0.5, 0.6) is 0 Å². The molecule has 0 N–H and O–H groups in total. The van der Waals surface area contributed by atoms with Gasteiger partial charge in [0.25, 0.3) is 0 Å². The predicted molar refractivity (Wildman–Crippen MR) is 65.2 cm³/mol. The molecule has 1 aromatic carbocycles. The number of allylic oxidation sites excluding steroid dienone is 1. The van der Waals surface area contributed by atoms with Crippen molar-refractivity contribution in [3.63, 3.8) is 0 Å². The van der Waals surface area contributed by atoms with E-state index in [1.807, 2.05) is 24.3 Å². The molecular formula is C14H18O2. The van der Waals surface area contributed by atoms with Gasteiger partial charge in [-0.15, -0.1) is 6.58 Å². The second-order valence-corrected chi connectivity index (χ2v) is 3.76. The molecule has 86 valence electrons. The Hall–Kier alpha value is -1.57. The fourth-order valence-electron chi connectivity index (χ4n) is 1.69. The maximum Gasteiger partial charge on any atom is 0.302 e. The molecule has 2 heteroatoms. The van der Waals surface area contributed by atoms with Gasteiger partial charge in [0, 0.05) is 6.92 Å². The van der Waals surface area contributed by atoms with Crippen molar-refractivity contribution in [2.24, 2.45) is 0 Å². The summed E-state index contributed by atoms with van der Waals surface area (Å²) in [5.41, 5.74) is 1.27. The number of esters is 1. The summed E-state index contributed by atoms with van der Waals surface area (Å²) in [6, 6.07) is 10.2. The van der Waals surface area contributed by atoms with Crippen LogP contribution in [0.25, 0.3) is 0 Å². The molecule has 2 nitrogen and oxygen atoms in total. The van der Waals surface area contributed by atoms with E-state index >= 15 is 0 Å². The highest BCUT2D eigenvalue weighted by Gasteiger charge is 2.09. The van der Waals surface area contributed by atoms with Crippen LogP contribution in [0, 0.1) is 0 Å². The normalized spacial score (nSPS) is 11.8. The van der Waals surface area contributed by atoms with Crippen molar-refractivity contribution < 1.29 is 9.53 Å². The van der Waals surface area contributed by atoms with Crippen molar-refractivity contribution in [1.82, 2.24) is 0 Å². The van der Waals surface area contributed by atoms with Crippen LogP contribution in [-0.2, 0) is 9.53 Å². The van der Waals surface area contributed by atoms with Crippen molar-refractivity contribution in [3.05, 3.63) is 48.6 Å². The monoisotopic (exact) mass is 218 g/mol. The van der Waals surface area contributed by atoms with Gasteiger partial charge in [-0.1, -0.05) is 36.4 Å². The van der Waals surface area contributed by atoms with Crippen molar-refractivity contribution in [1.29, 1.82) is 0 Å². The fraction of sp³-hybridized carbons (Fsp3) is 0.357. The van der Waals surface area contributed by atoms with E-state index in [0.717, 1.165) is 12.8 Å². The standard InChI is InChI=1S/C14H18O2/c1-3-7-13(10-11-16-12(2)15)14-8-5-4-6-9-14/h3-6,8-9,13H,1,7,10-11H2,2H3/t13-/m0/s1. The lowest BCUT2D eigenvalue weighted by atomic mass is 9.93. The summed E-state index contributed by atoms with van der Waals surface area (Å²) in [4.78, 5) is 10.7. The number of carbonyl (C=O) groups excluding carboxylic acids is 1. The van der Waals surface area contributed by atoms with Gasteiger partial charge in [-0.25, -0.2) is 0 Å². The molecular weight excluding hydrogens is 200 g/mol. The Bertz CT molecular complexity index is 330. The van der Waals surface area contributed by atoms with E-state index in [1.54, 1.807) is 0 Å². The van der Waals surface area contributed by atoms with Crippen LogP contribution in [0.4, 0.5) is 0 Å². The first-order valence-corrected chi connectivity index (χ1v) is 5.53. The van der Waals surface area contributed by atoms with Gasteiger partial charge in [-0.3, -0.25) is 4.79 Å². The summed E-state index contributed by atoms with van der Waals surface area (Å²) in [5.74, 6) is 0.170. The maximum atomic E-state index is 10.7. The number of rotatable bonds is 6. The summed E-state index contributed by atoms with van der Waals surface area (Å²) >= 11 is 0. The highest BCUT2D eigenvalue weighted by molar-refractivity contribution is 5.65. The summed E-state index contributed by atoms with van der Waals surface area (Å²) in [6.07, 6.45) is 3.66. The molecule has 1 atom stereocenters. The topological polar surface area (TPSA) is 26.3 Å². The molecule has 16 heavy (non-hydrogen) atoms. The van der Waals surface area contributed by atoms with Gasteiger partial charge in [0.15, 0.2) is 0 Å². The molecule has 1 aromatic rings. The van der Waals surface area contributed by atoms with E-state index in [0.29, 0.717) is 12.5 Å². The molecule has 0 aliphatic carbocycles. The number of carbonyl (C=O) groups is 1. The molecule has 0 saturated heterocycles. The number of ether oxygens (including phenoxy) is 1. The Morgan fingerprint density at radius 1 is 1.44 bits per heavy atom. The highest BCUT2D eigenvalue weighted by atomic mass is 16.5. The first-order chi connectivity index (χ1) is 7.74. The fourth-order valence-corrected chi connectivity index (χ4v) is 1.69. The Morgan fingerprint density at radius 3 is 2.69 bits per heavy atom. The number of hydrogen-bond donors (Lipinski definition) is 0. The Morgan fingerprint density at radius 2 is 2.12 bits per heavy atom. The quantitative estimate of drug-likeness (QED) is 0.541. The molecule has 0 amide bonds. The molecule has 0 aliphatic heterocycles. The Labute approximate surface area is 96.9 Å². The molecule has 0 aliphatic rings. The van der Waals surface area contributed by atoms with E-state index in [2.05, 4.69) is 18.7 Å². The van der Waals surface area contributed by atoms with E-state index in [-0.39, 0.29) is 5.97 Å². The second-order valence-electron chi connectivity index (χ2n) is 3.76. The maximum absolute atomic E-state index is 10.7. The first-order valence-electron chi connectivity index (χ1n) is 5.53. The molecule has 0 heterocycles.